The third-order valence-corrected chi connectivity index (χ3v) is 7.15. The van der Waals surface area contributed by atoms with Crippen molar-refractivity contribution in [2.24, 2.45) is 0 Å². The molecule has 0 saturated carbocycles. The third kappa shape index (κ3) is 6.84. The highest BCUT2D eigenvalue weighted by molar-refractivity contribution is 7.89. The van der Waals surface area contributed by atoms with E-state index in [1.807, 2.05) is 31.2 Å². The number of hydrogen-bond acceptors (Lipinski definition) is 6. The molecule has 3 rings (SSSR count). The molecule has 2 amide bonds. The lowest BCUT2D eigenvalue weighted by atomic mass is 10.2. The van der Waals surface area contributed by atoms with Crippen molar-refractivity contribution in [3.63, 3.8) is 0 Å². The lowest BCUT2D eigenvalue weighted by Gasteiger charge is -2.26. The Hall–Kier alpha value is -2.79. The van der Waals surface area contributed by atoms with E-state index in [1.54, 1.807) is 24.9 Å². The first-order chi connectivity index (χ1) is 15.6. The SMILES string of the molecule is Cc1ccc(NC(=O)CN(C)CC(=O)Nc2cc(S(=O)(=O)N3CCOCC3)ccc2C)cc1. The van der Waals surface area contributed by atoms with Crippen molar-refractivity contribution in [2.75, 3.05) is 57.1 Å². The minimum absolute atomic E-state index is 0.0266. The van der Waals surface area contributed by atoms with Crippen LogP contribution in [-0.4, -0.2) is 75.9 Å². The van der Waals surface area contributed by atoms with E-state index in [0.717, 1.165) is 11.1 Å². The number of rotatable bonds is 8. The summed E-state index contributed by atoms with van der Waals surface area (Å²) >= 11 is 0. The van der Waals surface area contributed by atoms with Crippen molar-refractivity contribution < 1.29 is 22.7 Å². The predicted molar refractivity (Wildman–Crippen MR) is 127 cm³/mol. The summed E-state index contributed by atoms with van der Waals surface area (Å²) in [6.07, 6.45) is 0. The maximum absolute atomic E-state index is 12.9. The van der Waals surface area contributed by atoms with Gasteiger partial charge in [-0.05, 0) is 50.7 Å². The quantitative estimate of drug-likeness (QED) is 0.604. The van der Waals surface area contributed by atoms with Crippen LogP contribution in [0.15, 0.2) is 47.4 Å². The highest BCUT2D eigenvalue weighted by Gasteiger charge is 2.27. The van der Waals surface area contributed by atoms with Crippen LogP contribution in [0.4, 0.5) is 11.4 Å². The number of benzene rings is 2. The summed E-state index contributed by atoms with van der Waals surface area (Å²) in [4.78, 5) is 26.5. The molecule has 0 bridgehead atoms. The zero-order valence-electron chi connectivity index (χ0n) is 19.1. The molecule has 0 unspecified atom stereocenters. The van der Waals surface area contributed by atoms with Crippen molar-refractivity contribution in [2.45, 2.75) is 18.7 Å². The topological polar surface area (TPSA) is 108 Å². The number of amides is 2. The van der Waals surface area contributed by atoms with Gasteiger partial charge < -0.3 is 15.4 Å². The van der Waals surface area contributed by atoms with E-state index in [-0.39, 0.29) is 29.8 Å². The molecule has 1 aliphatic heterocycles. The van der Waals surface area contributed by atoms with Gasteiger partial charge in [0.05, 0.1) is 31.2 Å². The van der Waals surface area contributed by atoms with Crippen molar-refractivity contribution in [1.82, 2.24) is 9.21 Å². The fourth-order valence-corrected chi connectivity index (χ4v) is 4.84. The first kappa shape index (κ1) is 24.8. The van der Waals surface area contributed by atoms with Crippen LogP contribution in [0, 0.1) is 13.8 Å². The molecule has 1 fully saturated rings. The minimum atomic E-state index is -3.67. The van der Waals surface area contributed by atoms with Crippen LogP contribution in [0.3, 0.4) is 0 Å². The normalized spacial score (nSPS) is 14.8. The summed E-state index contributed by atoms with van der Waals surface area (Å²) in [6.45, 7) is 5.08. The van der Waals surface area contributed by atoms with Gasteiger partial charge in [0.1, 0.15) is 0 Å². The number of carbonyl (C=O) groups is 2. The summed E-state index contributed by atoms with van der Waals surface area (Å²) in [6, 6.07) is 12.1. The summed E-state index contributed by atoms with van der Waals surface area (Å²) in [5.41, 5.74) is 2.95. The number of likely N-dealkylation sites (N-methyl/N-ethyl adjacent to an activating group) is 1. The number of nitrogens with one attached hydrogen (secondary N) is 2. The molecule has 0 radical (unpaired) electrons. The van der Waals surface area contributed by atoms with E-state index >= 15 is 0 Å². The van der Waals surface area contributed by atoms with Gasteiger partial charge in [-0.3, -0.25) is 14.5 Å². The Kier molecular flexibility index (Phi) is 8.20. The first-order valence-electron chi connectivity index (χ1n) is 10.7. The highest BCUT2D eigenvalue weighted by Crippen LogP contribution is 2.23. The number of nitrogens with zero attached hydrogens (tertiary/aromatic N) is 2. The second kappa shape index (κ2) is 10.9. The average molecular weight is 475 g/mol. The molecule has 33 heavy (non-hydrogen) atoms. The molecule has 0 aromatic heterocycles. The van der Waals surface area contributed by atoms with Crippen molar-refractivity contribution >= 4 is 33.2 Å². The van der Waals surface area contributed by atoms with Gasteiger partial charge in [0.2, 0.25) is 21.8 Å². The van der Waals surface area contributed by atoms with Gasteiger partial charge in [-0.15, -0.1) is 0 Å². The number of sulfonamides is 1. The molecule has 1 saturated heterocycles. The van der Waals surface area contributed by atoms with E-state index in [4.69, 9.17) is 4.74 Å². The van der Waals surface area contributed by atoms with E-state index in [0.29, 0.717) is 37.7 Å². The van der Waals surface area contributed by atoms with Crippen LogP contribution in [0.2, 0.25) is 0 Å². The van der Waals surface area contributed by atoms with Crippen LogP contribution in [0.5, 0.6) is 0 Å². The fraction of sp³-hybridized carbons (Fsp3) is 0.391. The molecular formula is C23H30N4O5S. The summed E-state index contributed by atoms with van der Waals surface area (Å²) in [5.74, 6) is -0.575. The molecule has 0 atom stereocenters. The lowest BCUT2D eigenvalue weighted by Crippen LogP contribution is -2.40. The van der Waals surface area contributed by atoms with Crippen LogP contribution in [0.1, 0.15) is 11.1 Å². The average Bonchev–Trinajstić information content (AvgIpc) is 2.77. The Morgan fingerprint density at radius 2 is 1.58 bits per heavy atom. The van der Waals surface area contributed by atoms with E-state index in [9.17, 15) is 18.0 Å². The van der Waals surface area contributed by atoms with Gasteiger partial charge in [-0.1, -0.05) is 23.8 Å². The fourth-order valence-electron chi connectivity index (χ4n) is 3.41. The first-order valence-corrected chi connectivity index (χ1v) is 12.1. The van der Waals surface area contributed by atoms with E-state index < -0.39 is 10.0 Å². The van der Waals surface area contributed by atoms with Crippen molar-refractivity contribution in [1.29, 1.82) is 0 Å². The Balaban J connectivity index is 1.58. The summed E-state index contributed by atoms with van der Waals surface area (Å²) in [5, 5.41) is 5.56. The lowest BCUT2D eigenvalue weighted by molar-refractivity contribution is -0.119. The molecule has 10 heteroatoms. The van der Waals surface area contributed by atoms with Crippen molar-refractivity contribution in [3.8, 4) is 0 Å². The third-order valence-electron chi connectivity index (χ3n) is 5.25. The Morgan fingerprint density at radius 3 is 2.21 bits per heavy atom. The summed E-state index contributed by atoms with van der Waals surface area (Å²) < 4.78 is 32.4. The second-order valence-electron chi connectivity index (χ2n) is 8.13. The molecule has 1 aliphatic rings. The Bertz CT molecular complexity index is 1100. The van der Waals surface area contributed by atoms with Crippen LogP contribution in [-0.2, 0) is 24.3 Å². The van der Waals surface area contributed by atoms with Gasteiger partial charge in [0.15, 0.2) is 0 Å². The maximum Gasteiger partial charge on any atom is 0.243 e. The smallest absolute Gasteiger partial charge is 0.243 e. The largest absolute Gasteiger partial charge is 0.379 e. The molecule has 9 nitrogen and oxygen atoms in total. The van der Waals surface area contributed by atoms with Gasteiger partial charge >= 0.3 is 0 Å². The second-order valence-corrected chi connectivity index (χ2v) is 10.1. The summed E-state index contributed by atoms with van der Waals surface area (Å²) in [7, 11) is -2.00. The molecule has 2 aromatic carbocycles. The van der Waals surface area contributed by atoms with Crippen LogP contribution in [0.25, 0.3) is 0 Å². The van der Waals surface area contributed by atoms with E-state index in [1.165, 1.54) is 16.4 Å². The minimum Gasteiger partial charge on any atom is -0.379 e. The van der Waals surface area contributed by atoms with Gasteiger partial charge in [-0.2, -0.15) is 4.31 Å². The zero-order chi connectivity index (χ0) is 24.0. The number of ether oxygens (including phenoxy) is 1. The molecule has 1 heterocycles. The van der Waals surface area contributed by atoms with Gasteiger partial charge in [-0.25, -0.2) is 8.42 Å². The predicted octanol–water partition coefficient (Wildman–Crippen LogP) is 1.83. The van der Waals surface area contributed by atoms with Crippen LogP contribution >= 0.6 is 0 Å². The maximum atomic E-state index is 12.9. The zero-order valence-corrected chi connectivity index (χ0v) is 19.9. The molecular weight excluding hydrogens is 444 g/mol. The van der Waals surface area contributed by atoms with Gasteiger partial charge in [0.25, 0.3) is 0 Å². The number of anilines is 2. The molecule has 0 aliphatic carbocycles. The highest BCUT2D eigenvalue weighted by atomic mass is 32.2. The van der Waals surface area contributed by atoms with Crippen LogP contribution < -0.4 is 10.6 Å². The molecule has 0 spiro atoms. The number of morpholine rings is 1. The Morgan fingerprint density at radius 1 is 0.970 bits per heavy atom. The number of hydrogen-bond donors (Lipinski definition) is 2. The number of carbonyl (C=O) groups excluding carboxylic acids is 2. The van der Waals surface area contributed by atoms with E-state index in [2.05, 4.69) is 10.6 Å². The Labute approximate surface area is 194 Å². The number of aryl methyl sites for hydroxylation is 2. The van der Waals surface area contributed by atoms with Crippen molar-refractivity contribution in [3.05, 3.63) is 53.6 Å². The molecule has 178 valence electrons. The monoisotopic (exact) mass is 474 g/mol. The van der Waals surface area contributed by atoms with Gasteiger partial charge in [0, 0.05) is 24.5 Å². The molecule has 2 aromatic rings. The standard InChI is InChI=1S/C23H30N4O5S/c1-17-4-7-19(8-5-17)24-22(28)15-26(3)16-23(29)25-21-14-20(9-6-18(21)2)33(30,31)27-10-12-32-13-11-27/h4-9,14H,10-13,15-16H2,1-3H3,(H,24,28)(H,25,29). The molecule has 2 N–H and O–H groups in total.